The zero-order valence-corrected chi connectivity index (χ0v) is 14.7. The molecule has 0 radical (unpaired) electrons. The van der Waals surface area contributed by atoms with Gasteiger partial charge in [0.1, 0.15) is 0 Å². The van der Waals surface area contributed by atoms with E-state index in [-0.39, 0.29) is 11.8 Å². The smallest absolute Gasteiger partial charge is 0.232 e. The van der Waals surface area contributed by atoms with Crippen LogP contribution in [0.3, 0.4) is 0 Å². The summed E-state index contributed by atoms with van der Waals surface area (Å²) in [6.45, 7) is 0.446. The first-order chi connectivity index (χ1) is 12.8. The molecule has 0 spiro atoms. The minimum absolute atomic E-state index is 0.0653. The van der Waals surface area contributed by atoms with Gasteiger partial charge in [0.15, 0.2) is 0 Å². The Morgan fingerprint density at radius 3 is 2.69 bits per heavy atom. The fourth-order valence-electron chi connectivity index (χ4n) is 3.58. The molecule has 4 rings (SSSR count). The molecule has 3 aromatic rings. The summed E-state index contributed by atoms with van der Waals surface area (Å²) in [7, 11) is 0. The van der Waals surface area contributed by atoms with Gasteiger partial charge in [0, 0.05) is 29.9 Å². The van der Waals surface area contributed by atoms with Crippen molar-refractivity contribution in [2.75, 3.05) is 4.90 Å². The number of para-hydroxylation sites is 1. The maximum Gasteiger partial charge on any atom is 0.232 e. The number of hydrogen-bond acceptors (Lipinski definition) is 4. The van der Waals surface area contributed by atoms with Crippen LogP contribution in [0.2, 0.25) is 0 Å². The third-order valence-corrected chi connectivity index (χ3v) is 5.00. The van der Waals surface area contributed by atoms with Gasteiger partial charge in [0.25, 0.3) is 0 Å². The van der Waals surface area contributed by atoms with Gasteiger partial charge in [-0.3, -0.25) is 14.7 Å². The van der Waals surface area contributed by atoms with Crippen LogP contribution in [0.15, 0.2) is 55.0 Å². The van der Waals surface area contributed by atoms with Crippen LogP contribution in [0.5, 0.6) is 0 Å². The van der Waals surface area contributed by atoms with Crippen molar-refractivity contribution < 1.29 is 4.79 Å². The second-order valence-electron chi connectivity index (χ2n) is 6.85. The van der Waals surface area contributed by atoms with E-state index < -0.39 is 0 Å². The highest BCUT2D eigenvalue weighted by Crippen LogP contribution is 2.28. The molecule has 5 heteroatoms. The molecule has 0 bridgehead atoms. The zero-order chi connectivity index (χ0) is 17.8. The number of benzene rings is 1. The van der Waals surface area contributed by atoms with Crippen LogP contribution >= 0.6 is 0 Å². The molecule has 26 heavy (non-hydrogen) atoms. The fourth-order valence-corrected chi connectivity index (χ4v) is 3.58. The molecule has 132 valence electrons. The Hall–Kier alpha value is -2.82. The van der Waals surface area contributed by atoms with Crippen LogP contribution in [0.25, 0.3) is 10.9 Å². The van der Waals surface area contributed by atoms with E-state index in [2.05, 4.69) is 15.0 Å². The van der Waals surface area contributed by atoms with E-state index in [0.29, 0.717) is 12.5 Å². The molecule has 1 fully saturated rings. The van der Waals surface area contributed by atoms with Gasteiger partial charge in [-0.1, -0.05) is 43.5 Å². The van der Waals surface area contributed by atoms with E-state index in [1.165, 1.54) is 6.42 Å². The summed E-state index contributed by atoms with van der Waals surface area (Å²) in [5.74, 6) is 0.669. The molecule has 2 heterocycles. The predicted octanol–water partition coefficient (Wildman–Crippen LogP) is 4.14. The summed E-state index contributed by atoms with van der Waals surface area (Å²) in [5.41, 5.74) is 1.83. The van der Waals surface area contributed by atoms with Gasteiger partial charge >= 0.3 is 0 Å². The van der Waals surface area contributed by atoms with E-state index in [4.69, 9.17) is 0 Å². The molecule has 1 aliphatic carbocycles. The highest BCUT2D eigenvalue weighted by Gasteiger charge is 2.28. The number of carbonyl (C=O) groups excluding carboxylic acids is 1. The Kier molecular flexibility index (Phi) is 4.86. The molecule has 0 unspecified atom stereocenters. The van der Waals surface area contributed by atoms with Crippen molar-refractivity contribution in [3.05, 3.63) is 60.6 Å². The molecule has 1 aromatic carbocycles. The van der Waals surface area contributed by atoms with Gasteiger partial charge in [0.05, 0.1) is 12.1 Å². The standard InChI is InChI=1S/C21H22N4O/c26-20(17-8-2-1-3-9-17)25(15-16-7-6-12-22-13-16)21-23-14-18-10-4-5-11-19(18)24-21/h4-7,10-14,17H,1-3,8-9,15H2. The van der Waals surface area contributed by atoms with E-state index in [1.807, 2.05) is 36.4 Å². The monoisotopic (exact) mass is 346 g/mol. The van der Waals surface area contributed by atoms with Gasteiger partial charge in [-0.15, -0.1) is 0 Å². The highest BCUT2D eigenvalue weighted by atomic mass is 16.2. The van der Waals surface area contributed by atoms with Gasteiger partial charge < -0.3 is 0 Å². The zero-order valence-electron chi connectivity index (χ0n) is 14.7. The van der Waals surface area contributed by atoms with Crippen molar-refractivity contribution in [2.45, 2.75) is 38.6 Å². The molecular formula is C21H22N4O. The molecule has 2 aromatic heterocycles. The van der Waals surface area contributed by atoms with Crippen molar-refractivity contribution in [3.8, 4) is 0 Å². The molecule has 1 saturated carbocycles. The second-order valence-corrected chi connectivity index (χ2v) is 6.85. The largest absolute Gasteiger partial charge is 0.276 e. The quantitative estimate of drug-likeness (QED) is 0.712. The van der Waals surface area contributed by atoms with Gasteiger partial charge in [-0.25, -0.2) is 9.97 Å². The number of anilines is 1. The molecule has 1 amide bonds. The van der Waals surface area contributed by atoms with Crippen LogP contribution in [-0.2, 0) is 11.3 Å². The van der Waals surface area contributed by atoms with Crippen molar-refractivity contribution in [1.29, 1.82) is 0 Å². The Bertz CT molecular complexity index is 891. The third-order valence-electron chi connectivity index (χ3n) is 5.00. The Morgan fingerprint density at radius 2 is 1.88 bits per heavy atom. The summed E-state index contributed by atoms with van der Waals surface area (Å²) in [6.07, 6.45) is 10.7. The Morgan fingerprint density at radius 1 is 1.04 bits per heavy atom. The lowest BCUT2D eigenvalue weighted by atomic mass is 9.88. The van der Waals surface area contributed by atoms with Crippen molar-refractivity contribution in [1.82, 2.24) is 15.0 Å². The molecular weight excluding hydrogens is 324 g/mol. The average molecular weight is 346 g/mol. The van der Waals surface area contributed by atoms with Crippen LogP contribution in [0, 0.1) is 5.92 Å². The lowest BCUT2D eigenvalue weighted by Gasteiger charge is -2.28. The van der Waals surface area contributed by atoms with Crippen molar-refractivity contribution >= 4 is 22.8 Å². The number of pyridine rings is 1. The molecule has 0 aliphatic heterocycles. The van der Waals surface area contributed by atoms with E-state index in [0.717, 1.165) is 42.1 Å². The first kappa shape index (κ1) is 16.6. The van der Waals surface area contributed by atoms with E-state index >= 15 is 0 Å². The summed E-state index contributed by atoms with van der Waals surface area (Å²) >= 11 is 0. The number of aromatic nitrogens is 3. The second kappa shape index (κ2) is 7.60. The third kappa shape index (κ3) is 3.57. The lowest BCUT2D eigenvalue weighted by Crippen LogP contribution is -2.37. The van der Waals surface area contributed by atoms with Gasteiger partial charge in [-0.05, 0) is 30.5 Å². The lowest BCUT2D eigenvalue weighted by molar-refractivity contribution is -0.123. The van der Waals surface area contributed by atoms with Crippen molar-refractivity contribution in [2.24, 2.45) is 5.92 Å². The maximum absolute atomic E-state index is 13.3. The number of rotatable bonds is 4. The molecule has 5 nitrogen and oxygen atoms in total. The van der Waals surface area contributed by atoms with E-state index in [1.54, 1.807) is 23.5 Å². The first-order valence-corrected chi connectivity index (χ1v) is 9.23. The molecule has 0 N–H and O–H groups in total. The van der Waals surface area contributed by atoms with Gasteiger partial charge in [0.2, 0.25) is 11.9 Å². The average Bonchev–Trinajstić information content (AvgIpc) is 2.72. The summed E-state index contributed by atoms with van der Waals surface area (Å²) in [4.78, 5) is 28.3. The molecule has 0 saturated heterocycles. The number of amides is 1. The number of fused-ring (bicyclic) bond motifs is 1. The highest BCUT2D eigenvalue weighted by molar-refractivity contribution is 5.94. The Labute approximate surface area is 153 Å². The fraction of sp³-hybridized carbons (Fsp3) is 0.333. The van der Waals surface area contributed by atoms with Crippen LogP contribution in [0.1, 0.15) is 37.7 Å². The van der Waals surface area contributed by atoms with Gasteiger partial charge in [-0.2, -0.15) is 0 Å². The molecule has 1 aliphatic rings. The number of nitrogens with zero attached hydrogens (tertiary/aromatic N) is 4. The number of carbonyl (C=O) groups is 1. The number of hydrogen-bond donors (Lipinski definition) is 0. The maximum atomic E-state index is 13.3. The summed E-state index contributed by atoms with van der Waals surface area (Å²) in [5, 5.41) is 0.975. The van der Waals surface area contributed by atoms with Crippen LogP contribution < -0.4 is 4.90 Å². The first-order valence-electron chi connectivity index (χ1n) is 9.23. The SMILES string of the molecule is O=C(C1CCCCC1)N(Cc1cccnc1)c1ncc2ccccc2n1. The summed E-state index contributed by atoms with van der Waals surface area (Å²) < 4.78 is 0. The minimum atomic E-state index is 0.0653. The van der Waals surface area contributed by atoms with Crippen LogP contribution in [0.4, 0.5) is 5.95 Å². The Balaban J connectivity index is 1.69. The molecule has 0 atom stereocenters. The van der Waals surface area contributed by atoms with E-state index in [9.17, 15) is 4.79 Å². The predicted molar refractivity (Wildman–Crippen MR) is 102 cm³/mol. The van der Waals surface area contributed by atoms with Crippen LogP contribution in [-0.4, -0.2) is 20.9 Å². The van der Waals surface area contributed by atoms with Crippen molar-refractivity contribution in [3.63, 3.8) is 0 Å². The normalized spacial score (nSPS) is 15.1. The minimum Gasteiger partial charge on any atom is -0.276 e. The topological polar surface area (TPSA) is 59.0 Å². The summed E-state index contributed by atoms with van der Waals surface area (Å²) in [6, 6.07) is 11.7.